The molecular weight excluding hydrogens is 135 g/mol. The fourth-order valence-corrected chi connectivity index (χ4v) is 0.583. The molecule has 1 aromatic heterocycles. The van der Waals surface area contributed by atoms with Crippen LogP contribution in [-0.4, -0.2) is 10.1 Å². The number of aryl methyl sites for hydroxylation is 1. The molecule has 0 aliphatic rings. The first-order valence-corrected chi connectivity index (χ1v) is 2.72. The van der Waals surface area contributed by atoms with Crippen LogP contribution in [0.4, 0.5) is 10.2 Å². The molecule has 1 heterocycles. The van der Waals surface area contributed by atoms with Crippen molar-refractivity contribution in [3.63, 3.8) is 0 Å². The van der Waals surface area contributed by atoms with E-state index in [-0.39, 0.29) is 11.4 Å². The summed E-state index contributed by atoms with van der Waals surface area (Å²) in [6, 6.07) is 0. The van der Waals surface area contributed by atoms with Crippen molar-refractivity contribution >= 4 is 5.82 Å². The van der Waals surface area contributed by atoms with Crippen molar-refractivity contribution in [2.75, 3.05) is 5.73 Å². The smallest absolute Gasteiger partial charge is 0.194 e. The topological polar surface area (TPSA) is 59.1 Å². The maximum atomic E-state index is 12.6. The number of nitrogens with two attached hydrogens (primary N) is 1. The summed E-state index contributed by atoms with van der Waals surface area (Å²) in [5.41, 5.74) is 5.37. The van der Waals surface area contributed by atoms with E-state index in [1.165, 1.54) is 13.1 Å². The minimum atomic E-state index is -0.701. The Kier molecular flexibility index (Phi) is 1.45. The zero-order valence-electron chi connectivity index (χ0n) is 5.43. The van der Waals surface area contributed by atoms with Crippen LogP contribution in [0.25, 0.3) is 0 Å². The Morgan fingerprint density at radius 1 is 1.70 bits per heavy atom. The van der Waals surface area contributed by atoms with Gasteiger partial charge in [0.25, 0.3) is 0 Å². The van der Waals surface area contributed by atoms with Crippen LogP contribution in [0, 0.1) is 12.7 Å². The van der Waals surface area contributed by atoms with Gasteiger partial charge in [-0.15, -0.1) is 0 Å². The van der Waals surface area contributed by atoms with Gasteiger partial charge in [-0.1, -0.05) is 0 Å². The second-order valence-electron chi connectivity index (χ2n) is 1.99. The molecule has 0 saturated heterocycles. The van der Waals surface area contributed by atoms with E-state index in [1.807, 2.05) is 0 Å². The number of pyridine rings is 1. The normalized spacial score (nSPS) is 9.80. The highest BCUT2D eigenvalue weighted by atomic mass is 19.1. The maximum Gasteiger partial charge on any atom is 0.194 e. The molecule has 1 aromatic rings. The van der Waals surface area contributed by atoms with E-state index >= 15 is 0 Å². The summed E-state index contributed by atoms with van der Waals surface area (Å²) in [4.78, 5) is 3.53. The monoisotopic (exact) mass is 142 g/mol. The van der Waals surface area contributed by atoms with Crippen molar-refractivity contribution in [2.45, 2.75) is 6.92 Å². The van der Waals surface area contributed by atoms with Gasteiger partial charge in [0.05, 0.1) is 0 Å². The summed E-state index contributed by atoms with van der Waals surface area (Å²) in [5.74, 6) is -1.45. The molecule has 4 heteroatoms. The van der Waals surface area contributed by atoms with E-state index in [2.05, 4.69) is 4.98 Å². The number of nitrogens with zero attached hydrogens (tertiary/aromatic N) is 1. The summed E-state index contributed by atoms with van der Waals surface area (Å²) in [5, 5.41) is 8.82. The predicted octanol–water partition coefficient (Wildman–Crippen LogP) is 0.817. The lowest BCUT2D eigenvalue weighted by Crippen LogP contribution is -1.94. The highest BCUT2D eigenvalue weighted by Crippen LogP contribution is 2.22. The van der Waals surface area contributed by atoms with E-state index in [9.17, 15) is 4.39 Å². The lowest BCUT2D eigenvalue weighted by atomic mass is 10.3. The Labute approximate surface area is 57.3 Å². The largest absolute Gasteiger partial charge is 0.502 e. The molecule has 0 aromatic carbocycles. The summed E-state index contributed by atoms with van der Waals surface area (Å²) >= 11 is 0. The average molecular weight is 142 g/mol. The molecule has 1 rings (SSSR count). The first-order valence-electron chi connectivity index (χ1n) is 2.72. The fraction of sp³-hybridized carbons (Fsp3) is 0.167. The average Bonchev–Trinajstić information content (AvgIpc) is 1.93. The minimum Gasteiger partial charge on any atom is -0.502 e. The van der Waals surface area contributed by atoms with E-state index < -0.39 is 11.6 Å². The first kappa shape index (κ1) is 6.80. The van der Waals surface area contributed by atoms with Crippen molar-refractivity contribution in [1.29, 1.82) is 0 Å². The number of aromatic nitrogens is 1. The van der Waals surface area contributed by atoms with Gasteiger partial charge in [-0.2, -0.15) is 0 Å². The Morgan fingerprint density at radius 2 is 2.30 bits per heavy atom. The molecule has 10 heavy (non-hydrogen) atoms. The van der Waals surface area contributed by atoms with Crippen molar-refractivity contribution in [3.05, 3.63) is 17.6 Å². The molecule has 0 unspecified atom stereocenters. The molecule has 0 radical (unpaired) electrons. The van der Waals surface area contributed by atoms with Gasteiger partial charge in [0.2, 0.25) is 0 Å². The Hall–Kier alpha value is -1.32. The number of hydrogen-bond acceptors (Lipinski definition) is 3. The molecule has 0 atom stereocenters. The second-order valence-corrected chi connectivity index (χ2v) is 1.99. The van der Waals surface area contributed by atoms with E-state index in [1.54, 1.807) is 0 Å². The SMILES string of the molecule is Cc1cnc(N)c(O)c1F. The lowest BCUT2D eigenvalue weighted by molar-refractivity contribution is 0.430. The number of hydrogen-bond donors (Lipinski definition) is 2. The predicted molar refractivity (Wildman–Crippen MR) is 35.0 cm³/mol. The molecule has 0 bridgehead atoms. The van der Waals surface area contributed by atoms with Crippen molar-refractivity contribution in [2.24, 2.45) is 0 Å². The summed E-state index contributed by atoms with van der Waals surface area (Å²) in [6.45, 7) is 1.50. The molecule has 0 aliphatic carbocycles. The summed E-state index contributed by atoms with van der Waals surface area (Å²) in [7, 11) is 0. The third-order valence-corrected chi connectivity index (χ3v) is 1.19. The highest BCUT2D eigenvalue weighted by molar-refractivity contribution is 5.46. The summed E-state index contributed by atoms with van der Waals surface area (Å²) in [6.07, 6.45) is 1.27. The van der Waals surface area contributed by atoms with Crippen LogP contribution in [0.15, 0.2) is 6.20 Å². The Bertz CT molecular complexity index is 235. The molecule has 0 spiro atoms. The molecule has 54 valence electrons. The van der Waals surface area contributed by atoms with Crippen LogP contribution in [0.3, 0.4) is 0 Å². The third-order valence-electron chi connectivity index (χ3n) is 1.19. The van der Waals surface area contributed by atoms with Gasteiger partial charge in [0.1, 0.15) is 0 Å². The quantitative estimate of drug-likeness (QED) is 0.563. The van der Waals surface area contributed by atoms with Crippen LogP contribution in [0.1, 0.15) is 5.56 Å². The van der Waals surface area contributed by atoms with Gasteiger partial charge in [0, 0.05) is 11.8 Å². The highest BCUT2D eigenvalue weighted by Gasteiger charge is 2.07. The zero-order chi connectivity index (χ0) is 7.72. The Balaban J connectivity index is 3.34. The number of aromatic hydroxyl groups is 1. The fourth-order valence-electron chi connectivity index (χ4n) is 0.583. The van der Waals surface area contributed by atoms with Crippen molar-refractivity contribution in [1.82, 2.24) is 4.98 Å². The zero-order valence-corrected chi connectivity index (χ0v) is 5.43. The molecule has 0 saturated carbocycles. The van der Waals surface area contributed by atoms with Crippen LogP contribution >= 0.6 is 0 Å². The van der Waals surface area contributed by atoms with Crippen molar-refractivity contribution in [3.8, 4) is 5.75 Å². The van der Waals surface area contributed by atoms with Gasteiger partial charge in [-0.25, -0.2) is 9.37 Å². The van der Waals surface area contributed by atoms with Crippen LogP contribution in [-0.2, 0) is 0 Å². The van der Waals surface area contributed by atoms with Gasteiger partial charge in [-0.3, -0.25) is 0 Å². The minimum absolute atomic E-state index is 0.178. The third kappa shape index (κ3) is 0.877. The van der Waals surface area contributed by atoms with E-state index in [0.717, 1.165) is 0 Å². The number of rotatable bonds is 0. The summed E-state index contributed by atoms with van der Waals surface area (Å²) < 4.78 is 12.6. The van der Waals surface area contributed by atoms with E-state index in [4.69, 9.17) is 10.8 Å². The van der Waals surface area contributed by atoms with Gasteiger partial charge in [-0.05, 0) is 6.92 Å². The number of nitrogen functional groups attached to an aromatic ring is 1. The van der Waals surface area contributed by atoms with E-state index in [0.29, 0.717) is 0 Å². The number of anilines is 1. The standard InChI is InChI=1S/C6H7FN2O/c1-3-2-9-6(8)5(10)4(3)7/h2,10H,1H3,(H2,8,9). The van der Waals surface area contributed by atoms with Crippen LogP contribution in [0.2, 0.25) is 0 Å². The molecular formula is C6H7FN2O. The van der Waals surface area contributed by atoms with Crippen LogP contribution in [0.5, 0.6) is 5.75 Å². The molecule has 3 N–H and O–H groups in total. The molecule has 3 nitrogen and oxygen atoms in total. The van der Waals surface area contributed by atoms with Gasteiger partial charge in [0.15, 0.2) is 17.4 Å². The second kappa shape index (κ2) is 2.13. The molecule has 0 amide bonds. The van der Waals surface area contributed by atoms with Gasteiger partial charge < -0.3 is 10.8 Å². The lowest BCUT2D eigenvalue weighted by Gasteiger charge is -1.99. The molecule has 0 fully saturated rings. The number of halogens is 1. The molecule has 0 aliphatic heterocycles. The van der Waals surface area contributed by atoms with Crippen molar-refractivity contribution < 1.29 is 9.50 Å². The first-order chi connectivity index (χ1) is 4.63. The van der Waals surface area contributed by atoms with Gasteiger partial charge >= 0.3 is 0 Å². The Morgan fingerprint density at radius 3 is 2.80 bits per heavy atom. The van der Waals surface area contributed by atoms with Crippen LogP contribution < -0.4 is 5.73 Å². The maximum absolute atomic E-state index is 12.6.